The van der Waals surface area contributed by atoms with Gasteiger partial charge in [0.25, 0.3) is 10.4 Å². The minimum atomic E-state index is -0.450. The van der Waals surface area contributed by atoms with Crippen molar-refractivity contribution in [3.63, 3.8) is 0 Å². The van der Waals surface area contributed by atoms with Gasteiger partial charge in [0.2, 0.25) is 4.61 Å². The van der Waals surface area contributed by atoms with E-state index in [1.807, 2.05) is 0 Å². The Kier molecular flexibility index (Phi) is 9.49. The summed E-state index contributed by atoms with van der Waals surface area (Å²) in [7, 11) is 0. The number of nitrogens with zero attached hydrogens (tertiary/aromatic N) is 1. The number of carbonyl (C=O) groups excluding carboxylic acids is 1. The van der Waals surface area contributed by atoms with Crippen LogP contribution >= 0.6 is 31.9 Å². The number of ketones is 1. The van der Waals surface area contributed by atoms with Crippen molar-refractivity contribution in [2.75, 3.05) is 6.54 Å². The Bertz CT molecular complexity index is 417. The molecule has 0 saturated heterocycles. The van der Waals surface area contributed by atoms with Crippen molar-refractivity contribution in [2.45, 2.75) is 71.1 Å². The van der Waals surface area contributed by atoms with Gasteiger partial charge in [0.1, 0.15) is 0 Å². The molecule has 0 fully saturated rings. The van der Waals surface area contributed by atoms with E-state index in [1.165, 1.54) is 51.4 Å². The highest BCUT2D eigenvalue weighted by atomic mass is 79.9. The summed E-state index contributed by atoms with van der Waals surface area (Å²) in [6.45, 7) is 2.96. The standard InChI is InChI=1S/C16H25Br2NO2/c1-2-3-4-5-6-7-8-9-10-11-12-19-15(17)13(20)14(21)16(19)18/h2-12H2,1H3. The number of allylic oxidation sites excluding steroid dienone is 1. The maximum Gasteiger partial charge on any atom is 0.296 e. The molecular formula is C16H25Br2NO2. The van der Waals surface area contributed by atoms with Crippen LogP contribution in [0.2, 0.25) is 0 Å². The van der Waals surface area contributed by atoms with Crippen LogP contribution in [0.4, 0.5) is 0 Å². The van der Waals surface area contributed by atoms with Crippen molar-refractivity contribution in [1.82, 2.24) is 0 Å². The molecule has 0 N–H and O–H groups in total. The summed E-state index contributed by atoms with van der Waals surface area (Å²) in [5.41, 5.74) is 0. The summed E-state index contributed by atoms with van der Waals surface area (Å²) in [5, 5.41) is 11.5. The third-order valence-electron chi connectivity index (χ3n) is 3.79. The second-order valence-electron chi connectivity index (χ2n) is 5.57. The van der Waals surface area contributed by atoms with Crippen LogP contribution in [-0.4, -0.2) is 21.5 Å². The Balaban J connectivity index is 2.06. The molecule has 120 valence electrons. The van der Waals surface area contributed by atoms with Crippen molar-refractivity contribution in [3.05, 3.63) is 10.4 Å². The number of halogens is 2. The minimum Gasteiger partial charge on any atom is -0.865 e. The van der Waals surface area contributed by atoms with Gasteiger partial charge in [-0.3, -0.25) is 4.79 Å². The van der Waals surface area contributed by atoms with Gasteiger partial charge >= 0.3 is 0 Å². The van der Waals surface area contributed by atoms with Crippen LogP contribution in [0.3, 0.4) is 0 Å². The molecule has 0 radical (unpaired) electrons. The largest absolute Gasteiger partial charge is 0.865 e. The van der Waals surface area contributed by atoms with Crippen LogP contribution in [0.1, 0.15) is 71.1 Å². The van der Waals surface area contributed by atoms with Crippen LogP contribution < -0.4 is 5.11 Å². The van der Waals surface area contributed by atoms with E-state index < -0.39 is 11.5 Å². The Labute approximate surface area is 144 Å². The second kappa shape index (κ2) is 10.5. The number of unbranched alkanes of at least 4 members (excludes halogenated alkanes) is 9. The summed E-state index contributed by atoms with van der Waals surface area (Å²) in [6, 6.07) is 0. The molecule has 21 heavy (non-hydrogen) atoms. The lowest BCUT2D eigenvalue weighted by atomic mass is 10.1. The molecule has 1 aliphatic rings. The monoisotopic (exact) mass is 421 g/mol. The van der Waals surface area contributed by atoms with E-state index in [0.717, 1.165) is 19.4 Å². The van der Waals surface area contributed by atoms with Crippen LogP contribution in [0.15, 0.2) is 10.4 Å². The molecule has 5 heteroatoms. The van der Waals surface area contributed by atoms with Gasteiger partial charge < -0.3 is 5.11 Å². The first-order valence-electron chi connectivity index (χ1n) is 8.01. The smallest absolute Gasteiger partial charge is 0.296 e. The van der Waals surface area contributed by atoms with E-state index in [1.54, 1.807) is 4.58 Å². The lowest BCUT2D eigenvalue weighted by molar-refractivity contribution is -0.464. The zero-order valence-corrected chi connectivity index (χ0v) is 16.0. The topological polar surface area (TPSA) is 43.1 Å². The lowest BCUT2D eigenvalue weighted by Crippen LogP contribution is -2.18. The average Bonchev–Trinajstić information content (AvgIpc) is 2.66. The van der Waals surface area contributed by atoms with Crippen LogP contribution in [0, 0.1) is 0 Å². The highest BCUT2D eigenvalue weighted by molar-refractivity contribution is 9.19. The lowest BCUT2D eigenvalue weighted by Gasteiger charge is -2.03. The maximum atomic E-state index is 11.5. The maximum absolute atomic E-state index is 11.5. The van der Waals surface area contributed by atoms with Gasteiger partial charge in [-0.05, 0) is 6.42 Å². The molecule has 1 aliphatic heterocycles. The number of Topliss-reactive ketones (excluding diaryl/α,β-unsaturated/α-hetero) is 1. The third kappa shape index (κ3) is 6.23. The minimum absolute atomic E-state index is 0.371. The second-order valence-corrected chi connectivity index (χ2v) is 7.08. The Morgan fingerprint density at radius 1 is 0.905 bits per heavy atom. The molecule has 1 heterocycles. The van der Waals surface area contributed by atoms with Crippen LogP contribution in [-0.2, 0) is 4.79 Å². The molecule has 3 nitrogen and oxygen atoms in total. The van der Waals surface area contributed by atoms with Crippen LogP contribution in [0.25, 0.3) is 0 Å². The number of carbonyl (C=O) groups is 1. The Morgan fingerprint density at radius 2 is 1.38 bits per heavy atom. The van der Waals surface area contributed by atoms with E-state index >= 15 is 0 Å². The van der Waals surface area contributed by atoms with E-state index in [4.69, 9.17) is 0 Å². The van der Waals surface area contributed by atoms with Gasteiger partial charge in [-0.2, -0.15) is 4.58 Å². The van der Waals surface area contributed by atoms with Gasteiger partial charge in [0.15, 0.2) is 6.54 Å². The molecule has 0 aromatic heterocycles. The van der Waals surface area contributed by atoms with E-state index in [0.29, 0.717) is 9.23 Å². The fourth-order valence-corrected chi connectivity index (χ4v) is 3.78. The first-order chi connectivity index (χ1) is 10.1. The summed E-state index contributed by atoms with van der Waals surface area (Å²) in [6.07, 6.45) is 12.8. The summed E-state index contributed by atoms with van der Waals surface area (Å²) in [4.78, 5) is 11.5. The van der Waals surface area contributed by atoms with E-state index in [2.05, 4.69) is 38.8 Å². The molecule has 1 rings (SSSR count). The molecule has 0 aromatic carbocycles. The van der Waals surface area contributed by atoms with Crippen LogP contribution in [0.5, 0.6) is 0 Å². The SMILES string of the molecule is CCCCCCCCCCCC[N+]1=C(Br)C(=O)C([O-])=C1Br. The number of hydrogen-bond donors (Lipinski definition) is 0. The predicted molar refractivity (Wildman–Crippen MR) is 91.9 cm³/mol. The molecule has 0 amide bonds. The van der Waals surface area contributed by atoms with Crippen molar-refractivity contribution >= 4 is 42.3 Å². The Hall–Kier alpha value is -0.160. The average molecular weight is 423 g/mol. The third-order valence-corrected chi connectivity index (χ3v) is 5.37. The van der Waals surface area contributed by atoms with Gasteiger partial charge in [-0.15, -0.1) is 0 Å². The molecular weight excluding hydrogens is 398 g/mol. The first kappa shape index (κ1) is 18.9. The first-order valence-corrected chi connectivity index (χ1v) is 9.59. The van der Waals surface area contributed by atoms with Crippen molar-refractivity contribution in [1.29, 1.82) is 0 Å². The van der Waals surface area contributed by atoms with Gasteiger partial charge in [0, 0.05) is 44.0 Å². The molecule has 0 atom stereocenters. The predicted octanol–water partition coefficient (Wildman–Crippen LogP) is 4.22. The molecule has 0 bridgehead atoms. The summed E-state index contributed by atoms with van der Waals surface area (Å²) < 4.78 is 2.47. The zero-order chi connectivity index (χ0) is 15.7. The quantitative estimate of drug-likeness (QED) is 0.284. The summed E-state index contributed by atoms with van der Waals surface area (Å²) >= 11 is 6.39. The molecule has 0 saturated carbocycles. The fraction of sp³-hybridized carbons (Fsp3) is 0.750. The summed E-state index contributed by atoms with van der Waals surface area (Å²) in [5.74, 6) is -0.900. The molecule has 0 aliphatic carbocycles. The molecule has 0 aromatic rings. The van der Waals surface area contributed by atoms with Crippen molar-refractivity contribution in [3.8, 4) is 0 Å². The molecule has 0 unspecified atom stereocenters. The molecule has 0 spiro atoms. The van der Waals surface area contributed by atoms with Gasteiger partial charge in [-0.25, -0.2) is 0 Å². The van der Waals surface area contributed by atoms with Gasteiger partial charge in [-0.1, -0.05) is 58.3 Å². The van der Waals surface area contributed by atoms with Crippen molar-refractivity contribution < 1.29 is 14.5 Å². The van der Waals surface area contributed by atoms with Crippen molar-refractivity contribution in [2.24, 2.45) is 0 Å². The highest BCUT2D eigenvalue weighted by Crippen LogP contribution is 2.21. The number of hydrogen-bond acceptors (Lipinski definition) is 2. The normalized spacial score (nSPS) is 15.5. The highest BCUT2D eigenvalue weighted by Gasteiger charge is 2.32. The van der Waals surface area contributed by atoms with Gasteiger partial charge in [0.05, 0.1) is 0 Å². The zero-order valence-electron chi connectivity index (χ0n) is 12.8. The van der Waals surface area contributed by atoms with E-state index in [9.17, 15) is 9.90 Å². The number of rotatable bonds is 11. The van der Waals surface area contributed by atoms with E-state index in [-0.39, 0.29) is 0 Å². The Morgan fingerprint density at radius 3 is 1.81 bits per heavy atom. The fourth-order valence-electron chi connectivity index (χ4n) is 2.47.